The SMILES string of the molecule is CN(C(=O)CC1(C(=O)O)CCCCC1)C1CCCCC1. The number of carbonyl (C=O) groups excluding carboxylic acids is 1. The lowest BCUT2D eigenvalue weighted by Crippen LogP contribution is -2.43. The highest BCUT2D eigenvalue weighted by Crippen LogP contribution is 2.40. The minimum absolute atomic E-state index is 0.0289. The van der Waals surface area contributed by atoms with E-state index in [2.05, 4.69) is 0 Å². The molecule has 2 fully saturated rings. The molecular weight excluding hydrogens is 254 g/mol. The van der Waals surface area contributed by atoms with Crippen LogP contribution in [0.4, 0.5) is 0 Å². The summed E-state index contributed by atoms with van der Waals surface area (Å²) < 4.78 is 0. The average Bonchev–Trinajstić information content (AvgIpc) is 2.48. The van der Waals surface area contributed by atoms with Gasteiger partial charge in [0, 0.05) is 19.5 Å². The van der Waals surface area contributed by atoms with Gasteiger partial charge in [-0.1, -0.05) is 38.5 Å². The molecule has 20 heavy (non-hydrogen) atoms. The molecule has 0 aliphatic heterocycles. The third-order valence-electron chi connectivity index (χ3n) is 5.27. The van der Waals surface area contributed by atoms with Crippen molar-refractivity contribution in [1.82, 2.24) is 4.90 Å². The van der Waals surface area contributed by atoms with Crippen LogP contribution in [-0.4, -0.2) is 35.0 Å². The van der Waals surface area contributed by atoms with Gasteiger partial charge in [0.2, 0.25) is 5.91 Å². The summed E-state index contributed by atoms with van der Waals surface area (Å²) in [5.41, 5.74) is -0.793. The quantitative estimate of drug-likeness (QED) is 0.861. The summed E-state index contributed by atoms with van der Waals surface area (Å²) in [6, 6.07) is 0.325. The fourth-order valence-electron chi connectivity index (χ4n) is 3.78. The maximum Gasteiger partial charge on any atom is 0.310 e. The molecule has 0 unspecified atom stereocenters. The minimum Gasteiger partial charge on any atom is -0.481 e. The van der Waals surface area contributed by atoms with E-state index in [1.165, 1.54) is 19.3 Å². The summed E-state index contributed by atoms with van der Waals surface area (Å²) in [5.74, 6) is -0.746. The minimum atomic E-state index is -0.793. The molecule has 0 radical (unpaired) electrons. The second kappa shape index (κ2) is 6.59. The normalized spacial score (nSPS) is 23.2. The third-order valence-corrected chi connectivity index (χ3v) is 5.27. The van der Waals surface area contributed by atoms with Crippen molar-refractivity contribution in [2.24, 2.45) is 5.41 Å². The zero-order valence-corrected chi connectivity index (χ0v) is 12.6. The lowest BCUT2D eigenvalue weighted by atomic mass is 9.71. The van der Waals surface area contributed by atoms with Crippen molar-refractivity contribution in [2.75, 3.05) is 7.05 Å². The highest BCUT2D eigenvalue weighted by Gasteiger charge is 2.42. The van der Waals surface area contributed by atoms with Crippen LogP contribution in [0.1, 0.15) is 70.6 Å². The number of nitrogens with zero attached hydrogens (tertiary/aromatic N) is 1. The molecule has 4 nitrogen and oxygen atoms in total. The van der Waals surface area contributed by atoms with Crippen molar-refractivity contribution in [3.8, 4) is 0 Å². The van der Waals surface area contributed by atoms with Crippen molar-refractivity contribution < 1.29 is 14.7 Å². The van der Waals surface area contributed by atoms with E-state index < -0.39 is 11.4 Å². The first kappa shape index (κ1) is 15.3. The predicted octanol–water partition coefficient (Wildman–Crippen LogP) is 3.20. The van der Waals surface area contributed by atoms with Crippen molar-refractivity contribution in [3.05, 3.63) is 0 Å². The second-order valence-corrected chi connectivity index (χ2v) is 6.62. The van der Waals surface area contributed by atoms with Gasteiger partial charge in [0.05, 0.1) is 5.41 Å². The molecule has 0 aromatic heterocycles. The Bertz CT molecular complexity index is 355. The molecule has 0 atom stereocenters. The van der Waals surface area contributed by atoms with E-state index in [1.807, 2.05) is 11.9 Å². The van der Waals surface area contributed by atoms with Crippen molar-refractivity contribution >= 4 is 11.9 Å². The van der Waals surface area contributed by atoms with E-state index >= 15 is 0 Å². The Morgan fingerprint density at radius 3 is 2.15 bits per heavy atom. The molecule has 0 aromatic rings. The Hall–Kier alpha value is -1.06. The molecule has 2 aliphatic rings. The average molecular weight is 281 g/mol. The van der Waals surface area contributed by atoms with E-state index in [0.29, 0.717) is 18.9 Å². The van der Waals surface area contributed by atoms with Gasteiger partial charge in [0.25, 0.3) is 0 Å². The van der Waals surface area contributed by atoms with Gasteiger partial charge in [-0.15, -0.1) is 0 Å². The zero-order chi connectivity index (χ0) is 14.6. The van der Waals surface area contributed by atoms with Gasteiger partial charge in [0.1, 0.15) is 0 Å². The first-order valence-electron chi connectivity index (χ1n) is 8.04. The molecule has 4 heteroatoms. The first-order valence-corrected chi connectivity index (χ1v) is 8.04. The van der Waals surface area contributed by atoms with Gasteiger partial charge >= 0.3 is 5.97 Å². The van der Waals surface area contributed by atoms with Crippen molar-refractivity contribution in [1.29, 1.82) is 0 Å². The fourth-order valence-corrected chi connectivity index (χ4v) is 3.78. The number of rotatable bonds is 4. The molecule has 1 N–H and O–H groups in total. The summed E-state index contributed by atoms with van der Waals surface area (Å²) in [6.45, 7) is 0. The summed E-state index contributed by atoms with van der Waals surface area (Å²) in [4.78, 5) is 26.0. The van der Waals surface area contributed by atoms with Crippen LogP contribution in [0.15, 0.2) is 0 Å². The van der Waals surface area contributed by atoms with Gasteiger partial charge in [0.15, 0.2) is 0 Å². The van der Waals surface area contributed by atoms with E-state index in [-0.39, 0.29) is 12.3 Å². The smallest absolute Gasteiger partial charge is 0.310 e. The molecule has 0 aromatic carbocycles. The van der Waals surface area contributed by atoms with Crippen LogP contribution in [0.3, 0.4) is 0 Å². The number of carbonyl (C=O) groups is 2. The fraction of sp³-hybridized carbons (Fsp3) is 0.875. The molecule has 0 bridgehead atoms. The Kier molecular flexibility index (Phi) is 5.06. The lowest BCUT2D eigenvalue weighted by molar-refractivity contribution is -0.156. The van der Waals surface area contributed by atoms with Crippen LogP contribution in [-0.2, 0) is 9.59 Å². The largest absolute Gasteiger partial charge is 0.481 e. The third kappa shape index (κ3) is 3.33. The Morgan fingerprint density at radius 2 is 1.60 bits per heavy atom. The van der Waals surface area contributed by atoms with Crippen LogP contribution in [0.2, 0.25) is 0 Å². The first-order chi connectivity index (χ1) is 9.55. The number of hydrogen-bond donors (Lipinski definition) is 1. The Morgan fingerprint density at radius 1 is 1.05 bits per heavy atom. The number of carboxylic acid groups (broad SMARTS) is 1. The molecule has 0 spiro atoms. The van der Waals surface area contributed by atoms with Crippen molar-refractivity contribution in [3.63, 3.8) is 0 Å². The molecule has 2 aliphatic carbocycles. The summed E-state index contributed by atoms with van der Waals surface area (Å²) in [7, 11) is 1.86. The molecular formula is C16H27NO3. The molecule has 2 saturated carbocycles. The highest BCUT2D eigenvalue weighted by atomic mass is 16.4. The standard InChI is InChI=1S/C16H27NO3/c1-17(13-8-4-2-5-9-13)14(18)12-16(15(19)20)10-6-3-7-11-16/h13H,2-12H2,1H3,(H,19,20). The maximum atomic E-state index is 12.5. The van der Waals surface area contributed by atoms with E-state index in [4.69, 9.17) is 0 Å². The van der Waals surface area contributed by atoms with E-state index in [0.717, 1.165) is 32.1 Å². The molecule has 0 heterocycles. The Balaban J connectivity index is 1.98. The Labute approximate surface area is 121 Å². The van der Waals surface area contributed by atoms with E-state index in [1.54, 1.807) is 0 Å². The summed E-state index contributed by atoms with van der Waals surface area (Å²) in [6.07, 6.45) is 10.3. The van der Waals surface area contributed by atoms with Crippen LogP contribution in [0.25, 0.3) is 0 Å². The molecule has 114 valence electrons. The van der Waals surface area contributed by atoms with Gasteiger partial charge < -0.3 is 10.0 Å². The van der Waals surface area contributed by atoms with Gasteiger partial charge in [-0.3, -0.25) is 9.59 Å². The number of carboxylic acids is 1. The van der Waals surface area contributed by atoms with E-state index in [9.17, 15) is 14.7 Å². The second-order valence-electron chi connectivity index (χ2n) is 6.62. The summed E-state index contributed by atoms with van der Waals surface area (Å²) in [5, 5.41) is 9.56. The van der Waals surface area contributed by atoms with Crippen molar-refractivity contribution in [2.45, 2.75) is 76.7 Å². The highest BCUT2D eigenvalue weighted by molar-refractivity contribution is 5.85. The number of hydrogen-bond acceptors (Lipinski definition) is 2. The zero-order valence-electron chi connectivity index (χ0n) is 12.6. The lowest BCUT2D eigenvalue weighted by Gasteiger charge is -2.36. The van der Waals surface area contributed by atoms with Crippen LogP contribution in [0.5, 0.6) is 0 Å². The maximum absolute atomic E-state index is 12.5. The van der Waals surface area contributed by atoms with Crippen LogP contribution in [0, 0.1) is 5.41 Å². The topological polar surface area (TPSA) is 57.6 Å². The summed E-state index contributed by atoms with van der Waals surface area (Å²) >= 11 is 0. The predicted molar refractivity (Wildman–Crippen MR) is 77.4 cm³/mol. The van der Waals surface area contributed by atoms with Crippen LogP contribution >= 0.6 is 0 Å². The van der Waals surface area contributed by atoms with Gasteiger partial charge in [-0.05, 0) is 25.7 Å². The number of amides is 1. The molecule has 1 amide bonds. The van der Waals surface area contributed by atoms with Gasteiger partial charge in [-0.2, -0.15) is 0 Å². The van der Waals surface area contributed by atoms with Gasteiger partial charge in [-0.25, -0.2) is 0 Å². The molecule has 2 rings (SSSR count). The number of aliphatic carboxylic acids is 1. The van der Waals surface area contributed by atoms with Crippen LogP contribution < -0.4 is 0 Å². The molecule has 0 saturated heterocycles. The monoisotopic (exact) mass is 281 g/mol.